The first-order valence-corrected chi connectivity index (χ1v) is 8.97. The Morgan fingerprint density at radius 1 is 1.32 bits per heavy atom. The molecule has 0 spiro atoms. The van der Waals surface area contributed by atoms with Gasteiger partial charge in [0.15, 0.2) is 11.0 Å². The molecule has 134 valence electrons. The maximum Gasteiger partial charge on any atom is 0.319 e. The highest BCUT2D eigenvalue weighted by atomic mass is 35.5. The topological polar surface area (TPSA) is 60.4 Å². The lowest BCUT2D eigenvalue weighted by Gasteiger charge is -2.28. The number of aromatic nitrogens is 3. The highest BCUT2D eigenvalue weighted by Crippen LogP contribution is 2.48. The van der Waals surface area contributed by atoms with Crippen molar-refractivity contribution in [2.24, 2.45) is 5.41 Å². The molecule has 8 heteroatoms. The Balaban J connectivity index is 1.73. The van der Waals surface area contributed by atoms with E-state index in [0.717, 1.165) is 19.3 Å². The second-order valence-electron chi connectivity index (χ2n) is 6.70. The molecular formula is C17H20ClFN4O2. The smallest absolute Gasteiger partial charge is 0.319 e. The first kappa shape index (κ1) is 16.7. The van der Waals surface area contributed by atoms with Crippen molar-refractivity contribution in [3.8, 4) is 6.01 Å². The van der Waals surface area contributed by atoms with Gasteiger partial charge in [0.2, 0.25) is 0 Å². The van der Waals surface area contributed by atoms with Gasteiger partial charge in [0.05, 0.1) is 25.2 Å². The highest BCUT2D eigenvalue weighted by molar-refractivity contribution is 6.30. The molecule has 6 nitrogen and oxygen atoms in total. The van der Waals surface area contributed by atoms with Crippen LogP contribution >= 0.6 is 11.6 Å². The summed E-state index contributed by atoms with van der Waals surface area (Å²) in [7, 11) is 0. The predicted octanol–water partition coefficient (Wildman–Crippen LogP) is 3.22. The summed E-state index contributed by atoms with van der Waals surface area (Å²) in [6.45, 7) is 5.26. The second kappa shape index (κ2) is 6.53. The van der Waals surface area contributed by atoms with Gasteiger partial charge >= 0.3 is 6.01 Å². The zero-order chi connectivity index (χ0) is 17.4. The number of hydrogen-bond acceptors (Lipinski definition) is 6. The average molecular weight is 367 g/mol. The van der Waals surface area contributed by atoms with Crippen LogP contribution in [0.25, 0.3) is 10.9 Å². The lowest BCUT2D eigenvalue weighted by molar-refractivity contribution is 0.122. The molecule has 3 heterocycles. The Morgan fingerprint density at radius 3 is 2.76 bits per heavy atom. The summed E-state index contributed by atoms with van der Waals surface area (Å²) in [5, 5.41) is 0.338. The van der Waals surface area contributed by atoms with E-state index in [4.69, 9.17) is 21.1 Å². The Labute approximate surface area is 150 Å². The van der Waals surface area contributed by atoms with Gasteiger partial charge in [-0.05, 0) is 19.3 Å². The highest BCUT2D eigenvalue weighted by Gasteiger charge is 2.41. The number of rotatable bonds is 5. The zero-order valence-corrected chi connectivity index (χ0v) is 14.9. The quantitative estimate of drug-likeness (QED) is 0.757. The van der Waals surface area contributed by atoms with Crippen molar-refractivity contribution in [3.05, 3.63) is 17.2 Å². The molecule has 2 aromatic rings. The maximum atomic E-state index is 14.5. The molecule has 1 saturated carbocycles. The van der Waals surface area contributed by atoms with Gasteiger partial charge in [0, 0.05) is 24.7 Å². The van der Waals surface area contributed by atoms with Gasteiger partial charge in [-0.3, -0.25) is 0 Å². The normalized spacial score (nSPS) is 19.2. The molecule has 0 amide bonds. The summed E-state index contributed by atoms with van der Waals surface area (Å²) >= 11 is 5.84. The van der Waals surface area contributed by atoms with E-state index in [0.29, 0.717) is 44.1 Å². The van der Waals surface area contributed by atoms with Crippen LogP contribution < -0.4 is 9.64 Å². The van der Waals surface area contributed by atoms with Gasteiger partial charge < -0.3 is 14.4 Å². The minimum absolute atomic E-state index is 0.146. The summed E-state index contributed by atoms with van der Waals surface area (Å²) in [4.78, 5) is 14.8. The lowest BCUT2D eigenvalue weighted by Crippen LogP contribution is -2.37. The van der Waals surface area contributed by atoms with Crippen molar-refractivity contribution in [1.82, 2.24) is 15.0 Å². The van der Waals surface area contributed by atoms with Gasteiger partial charge in [0.25, 0.3) is 0 Å². The number of morpholine rings is 1. The largest absolute Gasteiger partial charge is 0.463 e. The summed E-state index contributed by atoms with van der Waals surface area (Å²) in [6.07, 6.45) is 4.87. The summed E-state index contributed by atoms with van der Waals surface area (Å²) in [5.41, 5.74) is 0.374. The number of nitrogens with zero attached hydrogens (tertiary/aromatic N) is 4. The molecule has 1 aliphatic carbocycles. The molecule has 1 saturated heterocycles. The third kappa shape index (κ3) is 3.22. The number of halogens is 2. The van der Waals surface area contributed by atoms with Crippen molar-refractivity contribution in [2.45, 2.75) is 26.2 Å². The molecule has 4 rings (SSSR count). The summed E-state index contributed by atoms with van der Waals surface area (Å²) in [6, 6.07) is 0.190. The van der Waals surface area contributed by atoms with Crippen molar-refractivity contribution in [2.75, 3.05) is 37.8 Å². The van der Waals surface area contributed by atoms with E-state index in [-0.39, 0.29) is 22.1 Å². The molecule has 25 heavy (non-hydrogen) atoms. The first-order valence-electron chi connectivity index (χ1n) is 8.59. The van der Waals surface area contributed by atoms with E-state index < -0.39 is 5.82 Å². The van der Waals surface area contributed by atoms with Crippen LogP contribution in [0, 0.1) is 11.2 Å². The number of ether oxygens (including phenoxy) is 2. The standard InChI is InChI=1S/C17H20ClFN4O2/c1-2-17(3-4-17)10-25-16-21-13-11(9-20-14(18)12(13)19)15(22-16)23-5-7-24-8-6-23/h9H,2-8,10H2,1H3. The van der Waals surface area contributed by atoms with Crippen LogP contribution in [0.2, 0.25) is 5.15 Å². The molecule has 2 fully saturated rings. The Hall–Kier alpha value is -1.73. The molecule has 0 N–H and O–H groups in total. The molecule has 1 aliphatic heterocycles. The average Bonchev–Trinajstić information content (AvgIpc) is 3.44. The Bertz CT molecular complexity index is 794. The van der Waals surface area contributed by atoms with E-state index in [9.17, 15) is 4.39 Å². The number of hydrogen-bond donors (Lipinski definition) is 0. The fourth-order valence-electron chi connectivity index (χ4n) is 3.07. The van der Waals surface area contributed by atoms with Crippen LogP contribution in [0.4, 0.5) is 10.2 Å². The van der Waals surface area contributed by atoms with Crippen LogP contribution in [0.5, 0.6) is 6.01 Å². The molecule has 0 aromatic carbocycles. The minimum Gasteiger partial charge on any atom is -0.463 e. The van der Waals surface area contributed by atoms with E-state index in [1.807, 2.05) is 4.90 Å². The van der Waals surface area contributed by atoms with Crippen LogP contribution in [0.1, 0.15) is 26.2 Å². The van der Waals surface area contributed by atoms with Crippen molar-refractivity contribution >= 4 is 28.3 Å². The third-order valence-corrected chi connectivity index (χ3v) is 5.39. The van der Waals surface area contributed by atoms with Crippen LogP contribution in [-0.4, -0.2) is 47.9 Å². The number of anilines is 1. The molecule has 2 aliphatic rings. The minimum atomic E-state index is -0.641. The number of fused-ring (bicyclic) bond motifs is 1. The molecular weight excluding hydrogens is 347 g/mol. The van der Waals surface area contributed by atoms with Gasteiger partial charge in [-0.1, -0.05) is 18.5 Å². The fourth-order valence-corrected chi connectivity index (χ4v) is 3.21. The molecule has 0 radical (unpaired) electrons. The van der Waals surface area contributed by atoms with Gasteiger partial charge in [0.1, 0.15) is 11.3 Å². The van der Waals surface area contributed by atoms with Crippen molar-refractivity contribution in [1.29, 1.82) is 0 Å². The van der Waals surface area contributed by atoms with Gasteiger partial charge in [-0.25, -0.2) is 9.37 Å². The monoisotopic (exact) mass is 366 g/mol. The lowest BCUT2D eigenvalue weighted by atomic mass is 10.1. The summed E-state index contributed by atoms with van der Waals surface area (Å²) < 4.78 is 25.7. The van der Waals surface area contributed by atoms with Gasteiger partial charge in [-0.15, -0.1) is 0 Å². The van der Waals surface area contributed by atoms with Gasteiger partial charge in [-0.2, -0.15) is 9.97 Å². The molecule has 2 aromatic heterocycles. The van der Waals surface area contributed by atoms with E-state index in [2.05, 4.69) is 21.9 Å². The Kier molecular flexibility index (Phi) is 4.37. The second-order valence-corrected chi connectivity index (χ2v) is 7.05. The third-order valence-electron chi connectivity index (χ3n) is 5.13. The predicted molar refractivity (Wildman–Crippen MR) is 92.8 cm³/mol. The fraction of sp³-hybridized carbons (Fsp3) is 0.588. The van der Waals surface area contributed by atoms with E-state index in [1.165, 1.54) is 6.20 Å². The molecule has 0 bridgehead atoms. The number of pyridine rings is 1. The molecule has 0 unspecified atom stereocenters. The SMILES string of the molecule is CCC1(COc2nc(N3CCOCC3)c3cnc(Cl)c(F)c3n2)CC1. The van der Waals surface area contributed by atoms with Crippen molar-refractivity contribution < 1.29 is 13.9 Å². The zero-order valence-electron chi connectivity index (χ0n) is 14.1. The van der Waals surface area contributed by atoms with Crippen LogP contribution in [0.3, 0.4) is 0 Å². The van der Waals surface area contributed by atoms with Crippen LogP contribution in [0.15, 0.2) is 6.20 Å². The Morgan fingerprint density at radius 2 is 2.08 bits per heavy atom. The first-order chi connectivity index (χ1) is 12.1. The van der Waals surface area contributed by atoms with Crippen molar-refractivity contribution in [3.63, 3.8) is 0 Å². The maximum absolute atomic E-state index is 14.5. The van der Waals surface area contributed by atoms with E-state index >= 15 is 0 Å². The van der Waals surface area contributed by atoms with Crippen LogP contribution in [-0.2, 0) is 4.74 Å². The molecule has 0 atom stereocenters. The summed E-state index contributed by atoms with van der Waals surface area (Å²) in [5.74, 6) is -0.0229. The van der Waals surface area contributed by atoms with E-state index in [1.54, 1.807) is 0 Å².